The SMILES string of the molecule is CCN1CCOC(CNc2ccc(C#N)cc2Br)C1. The Labute approximate surface area is 122 Å². The van der Waals surface area contributed by atoms with E-state index in [-0.39, 0.29) is 6.10 Å². The van der Waals surface area contributed by atoms with E-state index in [0.717, 1.165) is 42.9 Å². The molecule has 0 aliphatic carbocycles. The first-order valence-corrected chi connectivity index (χ1v) is 7.29. The van der Waals surface area contributed by atoms with Crippen LogP contribution in [0.15, 0.2) is 22.7 Å². The summed E-state index contributed by atoms with van der Waals surface area (Å²) >= 11 is 3.47. The van der Waals surface area contributed by atoms with Crippen LogP contribution >= 0.6 is 15.9 Å². The van der Waals surface area contributed by atoms with Crippen LogP contribution in [0.3, 0.4) is 0 Å². The number of morpholine rings is 1. The molecule has 5 heteroatoms. The molecule has 1 unspecified atom stereocenters. The van der Waals surface area contributed by atoms with E-state index >= 15 is 0 Å². The summed E-state index contributed by atoms with van der Waals surface area (Å²) in [4.78, 5) is 2.39. The van der Waals surface area contributed by atoms with E-state index in [1.165, 1.54) is 0 Å². The number of likely N-dealkylation sites (N-methyl/N-ethyl adjacent to an activating group) is 1. The summed E-state index contributed by atoms with van der Waals surface area (Å²) < 4.78 is 6.66. The monoisotopic (exact) mass is 323 g/mol. The molecule has 0 radical (unpaired) electrons. The highest BCUT2D eigenvalue weighted by Gasteiger charge is 2.19. The highest BCUT2D eigenvalue weighted by atomic mass is 79.9. The molecule has 0 saturated carbocycles. The topological polar surface area (TPSA) is 48.3 Å². The zero-order valence-electron chi connectivity index (χ0n) is 11.0. The van der Waals surface area contributed by atoms with Crippen LogP contribution < -0.4 is 5.32 Å². The quantitative estimate of drug-likeness (QED) is 0.924. The number of nitrogens with one attached hydrogen (secondary N) is 1. The molecule has 1 N–H and O–H groups in total. The van der Waals surface area contributed by atoms with Gasteiger partial charge in [0.05, 0.1) is 24.3 Å². The molecule has 1 aromatic carbocycles. The number of nitriles is 1. The minimum Gasteiger partial charge on any atom is -0.381 e. The lowest BCUT2D eigenvalue weighted by Gasteiger charge is -2.32. The van der Waals surface area contributed by atoms with Gasteiger partial charge in [-0.2, -0.15) is 5.26 Å². The van der Waals surface area contributed by atoms with E-state index in [9.17, 15) is 0 Å². The summed E-state index contributed by atoms with van der Waals surface area (Å²) in [5, 5.41) is 12.2. The van der Waals surface area contributed by atoms with E-state index in [0.29, 0.717) is 5.56 Å². The van der Waals surface area contributed by atoms with Crippen molar-refractivity contribution < 1.29 is 4.74 Å². The molecule has 0 bridgehead atoms. The molecule has 4 nitrogen and oxygen atoms in total. The van der Waals surface area contributed by atoms with Gasteiger partial charge >= 0.3 is 0 Å². The van der Waals surface area contributed by atoms with E-state index in [1.54, 1.807) is 0 Å². The largest absolute Gasteiger partial charge is 0.381 e. The molecular weight excluding hydrogens is 306 g/mol. The maximum absolute atomic E-state index is 8.83. The van der Waals surface area contributed by atoms with Crippen LogP contribution in [0.1, 0.15) is 12.5 Å². The van der Waals surface area contributed by atoms with Crippen LogP contribution in [-0.2, 0) is 4.74 Å². The van der Waals surface area contributed by atoms with E-state index in [4.69, 9.17) is 10.00 Å². The molecule has 1 aromatic rings. The number of nitrogens with zero attached hydrogens (tertiary/aromatic N) is 2. The molecule has 0 aromatic heterocycles. The lowest BCUT2D eigenvalue weighted by atomic mass is 10.2. The predicted molar refractivity (Wildman–Crippen MR) is 79.2 cm³/mol. The highest BCUT2D eigenvalue weighted by molar-refractivity contribution is 9.10. The Morgan fingerprint density at radius 3 is 3.11 bits per heavy atom. The molecule has 19 heavy (non-hydrogen) atoms. The van der Waals surface area contributed by atoms with Gasteiger partial charge in [0.1, 0.15) is 0 Å². The molecule has 1 aliphatic rings. The second kappa shape index (κ2) is 6.90. The van der Waals surface area contributed by atoms with Crippen molar-refractivity contribution in [2.24, 2.45) is 0 Å². The van der Waals surface area contributed by atoms with Crippen LogP contribution in [0.2, 0.25) is 0 Å². The second-order valence-corrected chi connectivity index (χ2v) is 5.43. The standard InChI is InChI=1S/C14H18BrN3O/c1-2-18-5-6-19-12(10-18)9-17-14-4-3-11(8-16)7-13(14)15/h3-4,7,12,17H,2,5-6,9-10H2,1H3. The first-order chi connectivity index (χ1) is 9.22. The van der Waals surface area contributed by atoms with Crippen molar-refractivity contribution >= 4 is 21.6 Å². The highest BCUT2D eigenvalue weighted by Crippen LogP contribution is 2.23. The van der Waals surface area contributed by atoms with Crippen molar-refractivity contribution in [1.29, 1.82) is 5.26 Å². The number of benzene rings is 1. The van der Waals surface area contributed by atoms with Crippen LogP contribution in [0.5, 0.6) is 0 Å². The van der Waals surface area contributed by atoms with Crippen LogP contribution in [0, 0.1) is 11.3 Å². The average Bonchev–Trinajstić information content (AvgIpc) is 2.46. The maximum atomic E-state index is 8.83. The minimum atomic E-state index is 0.219. The second-order valence-electron chi connectivity index (χ2n) is 4.57. The van der Waals surface area contributed by atoms with Gasteiger partial charge in [-0.05, 0) is 40.7 Å². The zero-order valence-corrected chi connectivity index (χ0v) is 12.6. The van der Waals surface area contributed by atoms with Gasteiger partial charge in [0.25, 0.3) is 0 Å². The van der Waals surface area contributed by atoms with Gasteiger partial charge in [-0.25, -0.2) is 0 Å². The molecule has 1 fully saturated rings. The van der Waals surface area contributed by atoms with Crippen molar-refractivity contribution in [3.05, 3.63) is 28.2 Å². The Balaban J connectivity index is 1.90. The molecule has 0 spiro atoms. The van der Waals surface area contributed by atoms with Crippen molar-refractivity contribution in [3.63, 3.8) is 0 Å². The van der Waals surface area contributed by atoms with Gasteiger partial charge < -0.3 is 10.1 Å². The zero-order chi connectivity index (χ0) is 13.7. The number of halogens is 1. The fourth-order valence-corrected chi connectivity index (χ4v) is 2.66. The normalized spacial score (nSPS) is 19.9. The van der Waals surface area contributed by atoms with Crippen LogP contribution in [0.25, 0.3) is 0 Å². The van der Waals surface area contributed by atoms with Crippen LogP contribution in [0.4, 0.5) is 5.69 Å². The Hall–Kier alpha value is -1.09. The molecule has 0 amide bonds. The number of rotatable bonds is 4. The Kier molecular flexibility index (Phi) is 5.20. The van der Waals surface area contributed by atoms with E-state index < -0.39 is 0 Å². The van der Waals surface area contributed by atoms with Crippen LogP contribution in [-0.4, -0.2) is 43.8 Å². The lowest BCUT2D eigenvalue weighted by molar-refractivity contribution is -0.0191. The first-order valence-electron chi connectivity index (χ1n) is 6.50. The number of hydrogen-bond acceptors (Lipinski definition) is 4. The summed E-state index contributed by atoms with van der Waals surface area (Å²) in [6.45, 7) is 6.81. The molecule has 1 heterocycles. The third-order valence-corrected chi connectivity index (χ3v) is 3.94. The van der Waals surface area contributed by atoms with E-state index in [2.05, 4.69) is 39.1 Å². The number of anilines is 1. The van der Waals surface area contributed by atoms with Gasteiger partial charge in [-0.15, -0.1) is 0 Å². The van der Waals surface area contributed by atoms with Crippen molar-refractivity contribution in [1.82, 2.24) is 4.90 Å². The number of ether oxygens (including phenoxy) is 1. The molecular formula is C14H18BrN3O. The molecule has 1 saturated heterocycles. The Bertz CT molecular complexity index is 472. The van der Waals surface area contributed by atoms with Gasteiger partial charge in [0.15, 0.2) is 0 Å². The van der Waals surface area contributed by atoms with Gasteiger partial charge in [0.2, 0.25) is 0 Å². The summed E-state index contributed by atoms with van der Waals surface area (Å²) in [5.74, 6) is 0. The maximum Gasteiger partial charge on any atom is 0.0992 e. The Morgan fingerprint density at radius 2 is 2.42 bits per heavy atom. The predicted octanol–water partition coefficient (Wildman–Crippen LogP) is 2.45. The molecule has 102 valence electrons. The lowest BCUT2D eigenvalue weighted by Crippen LogP contribution is -2.45. The summed E-state index contributed by atoms with van der Waals surface area (Å²) in [5.41, 5.74) is 1.65. The van der Waals surface area contributed by atoms with Gasteiger partial charge in [-0.3, -0.25) is 4.90 Å². The van der Waals surface area contributed by atoms with Crippen molar-refractivity contribution in [2.75, 3.05) is 38.1 Å². The van der Waals surface area contributed by atoms with Crippen molar-refractivity contribution in [2.45, 2.75) is 13.0 Å². The third kappa shape index (κ3) is 3.93. The Morgan fingerprint density at radius 1 is 1.58 bits per heavy atom. The first kappa shape index (κ1) is 14.3. The van der Waals surface area contributed by atoms with Gasteiger partial charge in [0, 0.05) is 29.8 Å². The van der Waals surface area contributed by atoms with Crippen molar-refractivity contribution in [3.8, 4) is 6.07 Å². The summed E-state index contributed by atoms with van der Waals surface area (Å²) in [6.07, 6.45) is 0.219. The molecule has 1 aliphatic heterocycles. The molecule has 2 rings (SSSR count). The fourth-order valence-electron chi connectivity index (χ4n) is 2.14. The number of hydrogen-bond donors (Lipinski definition) is 1. The molecule has 1 atom stereocenters. The minimum absolute atomic E-state index is 0.219. The van der Waals surface area contributed by atoms with E-state index in [1.807, 2.05) is 18.2 Å². The summed E-state index contributed by atoms with van der Waals surface area (Å²) in [7, 11) is 0. The smallest absolute Gasteiger partial charge is 0.0992 e. The fraction of sp³-hybridized carbons (Fsp3) is 0.500. The average molecular weight is 324 g/mol. The van der Waals surface area contributed by atoms with Gasteiger partial charge in [-0.1, -0.05) is 6.92 Å². The third-order valence-electron chi connectivity index (χ3n) is 3.29. The summed E-state index contributed by atoms with van der Waals surface area (Å²) in [6, 6.07) is 7.68.